The van der Waals surface area contributed by atoms with E-state index in [1.165, 1.54) is 0 Å². The first-order valence-electron chi connectivity index (χ1n) is 12.4. The summed E-state index contributed by atoms with van der Waals surface area (Å²) in [5, 5.41) is 12.0. The Balaban J connectivity index is 1.33. The first kappa shape index (κ1) is 23.1. The maximum Gasteiger partial charge on any atom is 0.272 e. The van der Waals surface area contributed by atoms with Crippen LogP contribution in [0.25, 0.3) is 27.2 Å². The fourth-order valence-electron chi connectivity index (χ4n) is 4.79. The molecule has 3 aromatic heterocycles. The van der Waals surface area contributed by atoms with Gasteiger partial charge in [0.15, 0.2) is 0 Å². The first-order chi connectivity index (χ1) is 18.2. The second-order valence-corrected chi connectivity index (χ2v) is 9.96. The highest BCUT2D eigenvalue weighted by Gasteiger charge is 2.23. The minimum Gasteiger partial charge on any atom is -0.356 e. The van der Waals surface area contributed by atoms with E-state index in [9.17, 15) is 4.79 Å². The summed E-state index contributed by atoms with van der Waals surface area (Å²) in [6.07, 6.45) is 4.01. The van der Waals surface area contributed by atoms with Crippen LogP contribution < -0.4 is 10.3 Å². The van der Waals surface area contributed by atoms with Gasteiger partial charge in [0, 0.05) is 18.5 Å². The number of hydrazone groups is 1. The zero-order chi connectivity index (χ0) is 25.2. The summed E-state index contributed by atoms with van der Waals surface area (Å²) in [7, 11) is 0. The molecule has 1 fully saturated rings. The minimum absolute atomic E-state index is 0.275. The highest BCUT2D eigenvalue weighted by atomic mass is 32.1. The zero-order valence-corrected chi connectivity index (χ0v) is 21.3. The van der Waals surface area contributed by atoms with Crippen LogP contribution in [-0.2, 0) is 0 Å². The summed E-state index contributed by atoms with van der Waals surface area (Å²) in [4.78, 5) is 21.5. The average Bonchev–Trinajstić information content (AvgIpc) is 3.71. The number of carbonyl (C=O) groups is 1. The lowest BCUT2D eigenvalue weighted by atomic mass is 10.1. The van der Waals surface area contributed by atoms with Crippen molar-refractivity contribution >= 4 is 40.2 Å². The highest BCUT2D eigenvalue weighted by Crippen LogP contribution is 2.30. The Hall–Kier alpha value is -4.30. The smallest absolute Gasteiger partial charge is 0.272 e. The number of carbonyl (C=O) groups excluding carboxylic acids is 1. The number of nitrogens with zero attached hydrogens (tertiary/aromatic N) is 5. The Kier molecular flexibility index (Phi) is 6.24. The van der Waals surface area contributed by atoms with Gasteiger partial charge in [0.2, 0.25) is 0 Å². The van der Waals surface area contributed by atoms with E-state index in [2.05, 4.69) is 27.6 Å². The lowest BCUT2D eigenvalue weighted by molar-refractivity contribution is 0.0956. The van der Waals surface area contributed by atoms with Crippen LogP contribution >= 0.6 is 11.3 Å². The molecule has 1 saturated heterocycles. The molecule has 2 aromatic carbocycles. The van der Waals surface area contributed by atoms with Gasteiger partial charge in [-0.25, -0.2) is 15.1 Å². The van der Waals surface area contributed by atoms with Crippen LogP contribution in [0.15, 0.2) is 83.3 Å². The van der Waals surface area contributed by atoms with E-state index in [0.29, 0.717) is 5.56 Å². The number of aryl methyl sites for hydroxylation is 1. The Morgan fingerprint density at radius 1 is 1.03 bits per heavy atom. The van der Waals surface area contributed by atoms with Crippen molar-refractivity contribution < 1.29 is 4.79 Å². The maximum absolute atomic E-state index is 13.3. The molecular formula is C29H26N6OS. The highest BCUT2D eigenvalue weighted by molar-refractivity contribution is 7.13. The minimum atomic E-state index is -0.275. The second kappa shape index (κ2) is 9.99. The SMILES string of the molecule is Cc1nn(-c2ccccc2)c(N2CCCC2)c1/C=N\NC(=O)c1cc(-c2cccs2)nc2ccccc12. The van der Waals surface area contributed by atoms with Crippen molar-refractivity contribution in [1.29, 1.82) is 0 Å². The number of nitrogens with one attached hydrogen (secondary N) is 1. The van der Waals surface area contributed by atoms with Crippen LogP contribution in [-0.4, -0.2) is 40.0 Å². The molecule has 7 nitrogen and oxygen atoms in total. The van der Waals surface area contributed by atoms with Gasteiger partial charge in [-0.15, -0.1) is 11.3 Å². The van der Waals surface area contributed by atoms with Crippen molar-refractivity contribution in [3.8, 4) is 16.3 Å². The van der Waals surface area contributed by atoms with Gasteiger partial charge in [0.25, 0.3) is 5.91 Å². The number of hydrogen-bond acceptors (Lipinski definition) is 6. The summed E-state index contributed by atoms with van der Waals surface area (Å²) in [5.41, 5.74) is 7.62. The molecule has 8 heteroatoms. The number of aromatic nitrogens is 3. The molecule has 0 atom stereocenters. The third-order valence-electron chi connectivity index (χ3n) is 6.58. The van der Waals surface area contributed by atoms with E-state index < -0.39 is 0 Å². The number of rotatable bonds is 6. The summed E-state index contributed by atoms with van der Waals surface area (Å²) in [6.45, 7) is 3.92. The number of hydrogen-bond donors (Lipinski definition) is 1. The molecule has 1 aliphatic heterocycles. The van der Waals surface area contributed by atoms with E-state index >= 15 is 0 Å². The topological polar surface area (TPSA) is 75.4 Å². The lowest BCUT2D eigenvalue weighted by Crippen LogP contribution is -2.23. The van der Waals surface area contributed by atoms with Gasteiger partial charge < -0.3 is 4.90 Å². The lowest BCUT2D eigenvalue weighted by Gasteiger charge is -2.20. The Morgan fingerprint density at radius 3 is 2.59 bits per heavy atom. The number of pyridine rings is 1. The normalized spacial score (nSPS) is 13.6. The molecule has 1 amide bonds. The van der Waals surface area contributed by atoms with Gasteiger partial charge >= 0.3 is 0 Å². The van der Waals surface area contributed by atoms with Crippen molar-refractivity contribution in [2.45, 2.75) is 19.8 Å². The summed E-state index contributed by atoms with van der Waals surface area (Å²) in [5.74, 6) is 0.733. The van der Waals surface area contributed by atoms with Gasteiger partial charge in [-0.2, -0.15) is 10.2 Å². The van der Waals surface area contributed by atoms with Gasteiger partial charge in [-0.1, -0.05) is 42.5 Å². The number of benzene rings is 2. The zero-order valence-electron chi connectivity index (χ0n) is 20.5. The molecule has 5 aromatic rings. The number of anilines is 1. The molecule has 0 radical (unpaired) electrons. The fourth-order valence-corrected chi connectivity index (χ4v) is 5.48. The van der Waals surface area contributed by atoms with E-state index in [-0.39, 0.29) is 5.91 Å². The third kappa shape index (κ3) is 4.51. The van der Waals surface area contributed by atoms with Gasteiger partial charge in [-0.3, -0.25) is 4.79 Å². The van der Waals surface area contributed by atoms with Crippen LogP contribution in [0, 0.1) is 6.92 Å². The monoisotopic (exact) mass is 506 g/mol. The molecular weight excluding hydrogens is 480 g/mol. The summed E-state index contributed by atoms with van der Waals surface area (Å²) < 4.78 is 1.98. The molecule has 184 valence electrons. The van der Waals surface area contributed by atoms with Crippen LogP contribution in [0.5, 0.6) is 0 Å². The predicted molar refractivity (Wildman–Crippen MR) is 150 cm³/mol. The molecule has 1 N–H and O–H groups in total. The van der Waals surface area contributed by atoms with E-state index in [1.807, 2.05) is 77.6 Å². The molecule has 37 heavy (non-hydrogen) atoms. The predicted octanol–water partition coefficient (Wildman–Crippen LogP) is 5.82. The standard InChI is InChI=1S/C29H26N6OS/c1-20-24(29(34-15-7-8-16-34)35(33-20)21-10-3-2-4-11-21)19-30-32-28(36)23-18-26(27-14-9-17-37-27)31-25-13-6-5-12-22(23)25/h2-6,9-14,17-19H,7-8,15-16H2,1H3,(H,32,36)/b30-19-. The molecule has 0 bridgehead atoms. The summed E-state index contributed by atoms with van der Waals surface area (Å²) in [6, 6.07) is 23.6. The number of fused-ring (bicyclic) bond motifs is 1. The molecule has 0 saturated carbocycles. The second-order valence-electron chi connectivity index (χ2n) is 9.01. The van der Waals surface area contributed by atoms with Crippen LogP contribution in [0.2, 0.25) is 0 Å². The quantitative estimate of drug-likeness (QED) is 0.233. The van der Waals surface area contributed by atoms with Crippen LogP contribution in [0.3, 0.4) is 0 Å². The van der Waals surface area contributed by atoms with Gasteiger partial charge in [-0.05, 0) is 55.5 Å². The van der Waals surface area contributed by atoms with Crippen molar-refractivity contribution in [2.24, 2.45) is 5.10 Å². The van der Waals surface area contributed by atoms with Crippen LogP contribution in [0.4, 0.5) is 5.82 Å². The molecule has 4 heterocycles. The molecule has 6 rings (SSSR count). The molecule has 0 unspecified atom stereocenters. The third-order valence-corrected chi connectivity index (χ3v) is 7.47. The Morgan fingerprint density at radius 2 is 1.81 bits per heavy atom. The number of para-hydroxylation sites is 2. The molecule has 1 aliphatic rings. The largest absolute Gasteiger partial charge is 0.356 e. The first-order valence-corrected chi connectivity index (χ1v) is 13.2. The van der Waals surface area contributed by atoms with E-state index in [4.69, 9.17) is 10.1 Å². The van der Waals surface area contributed by atoms with Gasteiger partial charge in [0.05, 0.1) is 44.8 Å². The van der Waals surface area contributed by atoms with Crippen LogP contribution in [0.1, 0.15) is 34.5 Å². The Bertz CT molecular complexity index is 1580. The molecule has 0 aliphatic carbocycles. The molecule has 0 spiro atoms. The van der Waals surface area contributed by atoms with Gasteiger partial charge in [0.1, 0.15) is 5.82 Å². The maximum atomic E-state index is 13.3. The Labute approximate surface area is 219 Å². The fraction of sp³-hybridized carbons (Fsp3) is 0.172. The van der Waals surface area contributed by atoms with Crippen molar-refractivity contribution in [3.05, 3.63) is 95.0 Å². The van der Waals surface area contributed by atoms with Crippen molar-refractivity contribution in [2.75, 3.05) is 18.0 Å². The number of thiophene rings is 1. The van der Waals surface area contributed by atoms with Crippen molar-refractivity contribution in [3.63, 3.8) is 0 Å². The number of amides is 1. The van der Waals surface area contributed by atoms with E-state index in [0.717, 1.165) is 70.2 Å². The van der Waals surface area contributed by atoms with Crippen molar-refractivity contribution in [1.82, 2.24) is 20.2 Å². The summed E-state index contributed by atoms with van der Waals surface area (Å²) >= 11 is 1.60. The average molecular weight is 507 g/mol. The van der Waals surface area contributed by atoms with E-state index in [1.54, 1.807) is 17.6 Å².